The maximum atomic E-state index is 12.3. The van der Waals surface area contributed by atoms with E-state index in [0.717, 1.165) is 34.8 Å². The van der Waals surface area contributed by atoms with Crippen LogP contribution >= 0.6 is 0 Å². The summed E-state index contributed by atoms with van der Waals surface area (Å²) in [6.45, 7) is 9.06. The molecular weight excluding hydrogens is 362 g/mol. The van der Waals surface area contributed by atoms with Crippen LogP contribution in [-0.4, -0.2) is 22.5 Å². The molecule has 1 N–H and O–H groups in total. The van der Waals surface area contributed by atoms with E-state index >= 15 is 0 Å². The highest BCUT2D eigenvalue weighted by atomic mass is 16.5. The molecule has 0 spiro atoms. The molecule has 0 fully saturated rings. The van der Waals surface area contributed by atoms with Crippen molar-refractivity contribution < 1.29 is 9.32 Å². The molecule has 0 aliphatic carbocycles. The molecule has 0 radical (unpaired) electrons. The van der Waals surface area contributed by atoms with E-state index in [2.05, 4.69) is 36.2 Å². The number of nitrogens with one attached hydrogen (secondary N) is 1. The predicted octanol–water partition coefficient (Wildman–Crippen LogP) is 5.29. The zero-order valence-electron chi connectivity index (χ0n) is 17.4. The maximum absolute atomic E-state index is 12.3. The number of ketones is 1. The van der Waals surface area contributed by atoms with Crippen molar-refractivity contribution in [2.45, 2.75) is 39.5 Å². The molecule has 2 aromatic heterocycles. The average Bonchev–Trinajstić information content (AvgIpc) is 3.18. The Bertz CT molecular complexity index is 978. The number of aromatic nitrogens is 2. The van der Waals surface area contributed by atoms with E-state index in [1.807, 2.05) is 55.6 Å². The van der Waals surface area contributed by atoms with Crippen molar-refractivity contribution in [3.8, 4) is 11.1 Å². The van der Waals surface area contributed by atoms with Crippen LogP contribution < -0.4 is 5.32 Å². The van der Waals surface area contributed by atoms with Crippen molar-refractivity contribution in [2.75, 3.05) is 11.9 Å². The number of benzene rings is 1. The van der Waals surface area contributed by atoms with Crippen LogP contribution in [0.5, 0.6) is 0 Å². The molecule has 5 nitrogen and oxygen atoms in total. The zero-order valence-corrected chi connectivity index (χ0v) is 17.4. The largest absolute Gasteiger partial charge is 0.370 e. The molecule has 3 aromatic rings. The third-order valence-corrected chi connectivity index (χ3v) is 4.49. The topological polar surface area (TPSA) is 68.0 Å². The van der Waals surface area contributed by atoms with Gasteiger partial charge in [0, 0.05) is 36.2 Å². The molecule has 0 atom stereocenters. The predicted molar refractivity (Wildman–Crippen MR) is 117 cm³/mol. The third kappa shape index (κ3) is 5.64. The monoisotopic (exact) mass is 389 g/mol. The Morgan fingerprint density at radius 3 is 2.41 bits per heavy atom. The fraction of sp³-hybridized carbons (Fsp3) is 0.292. The molecule has 29 heavy (non-hydrogen) atoms. The lowest BCUT2D eigenvalue weighted by Crippen LogP contribution is -2.09. The minimum atomic E-state index is -0.104. The smallest absolute Gasteiger partial charge is 0.160 e. The van der Waals surface area contributed by atoms with E-state index < -0.39 is 0 Å². The van der Waals surface area contributed by atoms with Crippen molar-refractivity contribution in [2.24, 2.45) is 0 Å². The molecule has 0 saturated carbocycles. The molecular formula is C24H27N3O2. The lowest BCUT2D eigenvalue weighted by Gasteiger charge is -2.11. The molecule has 2 heterocycles. The van der Waals surface area contributed by atoms with Gasteiger partial charge in [-0.3, -0.25) is 4.79 Å². The number of hydrogen-bond donors (Lipinski definition) is 1. The SMILES string of the molecule is CCNc1ccc(-c2ccc(CC(=O)/C=C/c3cc(C(C)(C)C)on3)cc2)cn1. The van der Waals surface area contributed by atoms with Crippen LogP contribution in [0.25, 0.3) is 17.2 Å². The summed E-state index contributed by atoms with van der Waals surface area (Å²) < 4.78 is 5.33. The van der Waals surface area contributed by atoms with Crippen LogP contribution in [0.2, 0.25) is 0 Å². The van der Waals surface area contributed by atoms with Gasteiger partial charge in [-0.2, -0.15) is 0 Å². The van der Waals surface area contributed by atoms with E-state index in [4.69, 9.17) is 4.52 Å². The Morgan fingerprint density at radius 2 is 1.83 bits per heavy atom. The van der Waals surface area contributed by atoms with Crippen LogP contribution in [0.15, 0.2) is 59.3 Å². The van der Waals surface area contributed by atoms with Crippen molar-refractivity contribution >= 4 is 17.7 Å². The molecule has 0 unspecified atom stereocenters. The van der Waals surface area contributed by atoms with E-state index in [0.29, 0.717) is 12.1 Å². The van der Waals surface area contributed by atoms with Crippen LogP contribution in [0.3, 0.4) is 0 Å². The Kier molecular flexibility index (Phi) is 6.27. The normalized spacial score (nSPS) is 11.7. The van der Waals surface area contributed by atoms with E-state index in [9.17, 15) is 4.79 Å². The molecule has 0 aliphatic heterocycles. The van der Waals surface area contributed by atoms with Gasteiger partial charge in [-0.1, -0.05) is 50.2 Å². The summed E-state index contributed by atoms with van der Waals surface area (Å²) in [5, 5.41) is 7.18. The van der Waals surface area contributed by atoms with Gasteiger partial charge >= 0.3 is 0 Å². The van der Waals surface area contributed by atoms with E-state index in [-0.39, 0.29) is 11.2 Å². The molecule has 0 aliphatic rings. The second-order valence-electron chi connectivity index (χ2n) is 8.00. The number of anilines is 1. The number of rotatable bonds is 7. The van der Waals surface area contributed by atoms with Crippen LogP contribution in [0.4, 0.5) is 5.82 Å². The number of carbonyl (C=O) groups excluding carboxylic acids is 1. The Hall–Kier alpha value is -3.21. The second-order valence-corrected chi connectivity index (χ2v) is 8.00. The summed E-state index contributed by atoms with van der Waals surface area (Å²) in [6, 6.07) is 13.9. The summed E-state index contributed by atoms with van der Waals surface area (Å²) in [6.07, 6.45) is 5.46. The average molecular weight is 389 g/mol. The van der Waals surface area contributed by atoms with E-state index in [1.165, 1.54) is 0 Å². The highest BCUT2D eigenvalue weighted by Crippen LogP contribution is 2.23. The van der Waals surface area contributed by atoms with Gasteiger partial charge in [0.1, 0.15) is 17.3 Å². The van der Waals surface area contributed by atoms with Gasteiger partial charge in [0.05, 0.1) is 0 Å². The number of allylic oxidation sites excluding steroid dienone is 1. The van der Waals surface area contributed by atoms with Crippen LogP contribution in [0, 0.1) is 0 Å². The summed E-state index contributed by atoms with van der Waals surface area (Å²) >= 11 is 0. The zero-order chi connectivity index (χ0) is 20.9. The first-order chi connectivity index (χ1) is 13.8. The van der Waals surface area contributed by atoms with Crippen molar-refractivity contribution in [1.82, 2.24) is 10.1 Å². The van der Waals surface area contributed by atoms with Crippen molar-refractivity contribution in [3.05, 3.63) is 71.8 Å². The first-order valence-corrected chi connectivity index (χ1v) is 9.82. The molecule has 0 amide bonds. The number of nitrogens with zero attached hydrogens (tertiary/aromatic N) is 2. The number of carbonyl (C=O) groups is 1. The molecule has 3 rings (SSSR count). The second kappa shape index (κ2) is 8.86. The minimum absolute atomic E-state index is 0.0229. The molecule has 150 valence electrons. The summed E-state index contributed by atoms with van der Waals surface area (Å²) in [7, 11) is 0. The molecule has 0 bridgehead atoms. The Morgan fingerprint density at radius 1 is 1.10 bits per heavy atom. The van der Waals surface area contributed by atoms with Crippen LogP contribution in [0.1, 0.15) is 44.7 Å². The van der Waals surface area contributed by atoms with Crippen molar-refractivity contribution in [3.63, 3.8) is 0 Å². The van der Waals surface area contributed by atoms with Crippen molar-refractivity contribution in [1.29, 1.82) is 0 Å². The minimum Gasteiger partial charge on any atom is -0.370 e. The van der Waals surface area contributed by atoms with Gasteiger partial charge in [0.15, 0.2) is 5.78 Å². The van der Waals surface area contributed by atoms with Gasteiger partial charge in [-0.05, 0) is 42.3 Å². The maximum Gasteiger partial charge on any atom is 0.160 e. The molecule has 1 aromatic carbocycles. The van der Waals surface area contributed by atoms with Gasteiger partial charge in [-0.25, -0.2) is 4.98 Å². The van der Waals surface area contributed by atoms with Gasteiger partial charge in [0.2, 0.25) is 0 Å². The summed E-state index contributed by atoms with van der Waals surface area (Å²) in [5.74, 6) is 1.69. The molecule has 0 saturated heterocycles. The highest BCUT2D eigenvalue weighted by Gasteiger charge is 2.18. The fourth-order valence-electron chi connectivity index (χ4n) is 2.82. The van der Waals surface area contributed by atoms with E-state index in [1.54, 1.807) is 12.2 Å². The summed E-state index contributed by atoms with van der Waals surface area (Å²) in [4.78, 5) is 16.7. The van der Waals surface area contributed by atoms with Crippen LogP contribution in [-0.2, 0) is 16.6 Å². The lowest BCUT2D eigenvalue weighted by molar-refractivity contribution is -0.113. The van der Waals surface area contributed by atoms with Gasteiger partial charge < -0.3 is 9.84 Å². The van der Waals surface area contributed by atoms with Gasteiger partial charge in [-0.15, -0.1) is 0 Å². The highest BCUT2D eigenvalue weighted by molar-refractivity contribution is 5.94. The quantitative estimate of drug-likeness (QED) is 0.556. The summed E-state index contributed by atoms with van der Waals surface area (Å²) in [5.41, 5.74) is 3.64. The number of pyridine rings is 1. The first-order valence-electron chi connectivity index (χ1n) is 9.82. The molecule has 5 heteroatoms. The Balaban J connectivity index is 1.60. The van der Waals surface area contributed by atoms with Gasteiger partial charge in [0.25, 0.3) is 0 Å². The Labute approximate surface area is 171 Å². The fourth-order valence-corrected chi connectivity index (χ4v) is 2.82. The number of hydrogen-bond acceptors (Lipinski definition) is 5. The third-order valence-electron chi connectivity index (χ3n) is 4.49. The standard InChI is InChI=1S/C24H27N3O2/c1-5-25-23-13-10-19(16-26-23)18-8-6-17(7-9-18)14-21(28)12-11-20-15-22(29-27-20)24(2,3)4/h6-13,15-16H,5,14H2,1-4H3,(H,25,26)/b12-11+. The first kappa shape index (κ1) is 20.5. The lowest BCUT2D eigenvalue weighted by atomic mass is 9.93.